The average Bonchev–Trinajstić information content (AvgIpc) is 3.22. The first-order chi connectivity index (χ1) is 28.8. The zero-order valence-corrected chi connectivity index (χ0v) is 38.9. The molecule has 0 spiro atoms. The lowest BCUT2D eigenvalue weighted by atomic mass is 10.0. The molecule has 9 nitrogen and oxygen atoms in total. The number of unbranched alkanes of at least 4 members (excludes halogenated alkanes) is 24. The van der Waals surface area contributed by atoms with Gasteiger partial charge in [-0.3, -0.25) is 18.6 Å². The van der Waals surface area contributed by atoms with Crippen LogP contribution in [0.25, 0.3) is 0 Å². The second-order valence-corrected chi connectivity index (χ2v) is 17.4. The average molecular weight is 852 g/mol. The highest BCUT2D eigenvalue weighted by atomic mass is 31.2. The van der Waals surface area contributed by atoms with Gasteiger partial charge in [0.1, 0.15) is 6.61 Å². The first-order valence-electron chi connectivity index (χ1n) is 24.1. The molecule has 0 aromatic carbocycles. The summed E-state index contributed by atoms with van der Waals surface area (Å²) in [5, 5.41) is 0. The van der Waals surface area contributed by atoms with Gasteiger partial charge in [0, 0.05) is 19.4 Å². The lowest BCUT2D eigenvalue weighted by Crippen LogP contribution is -2.29. The normalized spacial score (nSPS) is 13.6. The molecule has 2 atom stereocenters. The van der Waals surface area contributed by atoms with Crippen LogP contribution in [0, 0.1) is 0 Å². The van der Waals surface area contributed by atoms with Crippen LogP contribution in [0.5, 0.6) is 0 Å². The van der Waals surface area contributed by atoms with E-state index in [0.717, 1.165) is 64.2 Å². The van der Waals surface area contributed by atoms with Gasteiger partial charge in [-0.1, -0.05) is 204 Å². The van der Waals surface area contributed by atoms with Crippen molar-refractivity contribution in [2.24, 2.45) is 5.73 Å². The van der Waals surface area contributed by atoms with Crippen molar-refractivity contribution < 1.29 is 37.6 Å². The molecule has 0 aliphatic carbocycles. The predicted octanol–water partition coefficient (Wildman–Crippen LogP) is 14.3. The molecule has 0 aliphatic heterocycles. The zero-order chi connectivity index (χ0) is 43.2. The molecular weight excluding hydrogens is 762 g/mol. The lowest BCUT2D eigenvalue weighted by molar-refractivity contribution is -0.161. The van der Waals surface area contributed by atoms with E-state index in [9.17, 15) is 19.0 Å². The predicted molar refractivity (Wildman–Crippen MR) is 247 cm³/mol. The van der Waals surface area contributed by atoms with Crippen molar-refractivity contribution in [2.75, 3.05) is 26.4 Å². The van der Waals surface area contributed by atoms with Gasteiger partial charge in [0.25, 0.3) is 0 Å². The number of carbonyl (C=O) groups excluding carboxylic acids is 2. The highest BCUT2D eigenvalue weighted by molar-refractivity contribution is 7.47. The summed E-state index contributed by atoms with van der Waals surface area (Å²) >= 11 is 0. The van der Waals surface area contributed by atoms with E-state index in [1.807, 2.05) is 0 Å². The van der Waals surface area contributed by atoms with Crippen LogP contribution in [0.4, 0.5) is 0 Å². The summed E-state index contributed by atoms with van der Waals surface area (Å²) in [5.41, 5.74) is 5.35. The summed E-state index contributed by atoms with van der Waals surface area (Å²) in [7, 11) is -4.37. The summed E-state index contributed by atoms with van der Waals surface area (Å²) < 4.78 is 32.8. The van der Waals surface area contributed by atoms with Gasteiger partial charge in [-0.25, -0.2) is 4.57 Å². The minimum absolute atomic E-state index is 0.0542. The van der Waals surface area contributed by atoms with Crippen molar-refractivity contribution in [3.8, 4) is 0 Å². The van der Waals surface area contributed by atoms with E-state index in [4.69, 9.17) is 24.3 Å². The number of carbonyl (C=O) groups is 2. The second kappa shape index (κ2) is 45.5. The van der Waals surface area contributed by atoms with E-state index in [-0.39, 0.29) is 38.6 Å². The summed E-state index contributed by atoms with van der Waals surface area (Å²) in [6, 6.07) is 0. The first-order valence-corrected chi connectivity index (χ1v) is 25.6. The molecule has 0 heterocycles. The number of esters is 2. The van der Waals surface area contributed by atoms with Crippen LogP contribution in [-0.4, -0.2) is 49.3 Å². The minimum Gasteiger partial charge on any atom is -0.462 e. The Labute approximate surface area is 362 Å². The second-order valence-electron chi connectivity index (χ2n) is 16.0. The molecule has 0 aromatic rings. The van der Waals surface area contributed by atoms with E-state index in [1.54, 1.807) is 0 Å². The number of rotatable bonds is 45. The summed E-state index contributed by atoms with van der Waals surface area (Å²) in [6.45, 7) is 3.61. The lowest BCUT2D eigenvalue weighted by Gasteiger charge is -2.19. The van der Waals surface area contributed by atoms with Gasteiger partial charge in [-0.15, -0.1) is 0 Å². The number of nitrogens with two attached hydrogens (primary N) is 1. The molecule has 59 heavy (non-hydrogen) atoms. The summed E-state index contributed by atoms with van der Waals surface area (Å²) in [5.74, 6) is -0.826. The molecule has 344 valence electrons. The van der Waals surface area contributed by atoms with Gasteiger partial charge >= 0.3 is 19.8 Å². The molecule has 0 rings (SSSR count). The molecule has 0 fully saturated rings. The summed E-state index contributed by atoms with van der Waals surface area (Å²) in [4.78, 5) is 34.8. The van der Waals surface area contributed by atoms with Crippen molar-refractivity contribution in [3.05, 3.63) is 48.6 Å². The van der Waals surface area contributed by atoms with Crippen LogP contribution in [-0.2, 0) is 32.7 Å². The van der Waals surface area contributed by atoms with Gasteiger partial charge in [0.05, 0.1) is 13.2 Å². The number of allylic oxidation sites excluding steroid dienone is 8. The minimum atomic E-state index is -4.37. The van der Waals surface area contributed by atoms with E-state index in [2.05, 4.69) is 62.5 Å². The highest BCUT2D eigenvalue weighted by Crippen LogP contribution is 2.43. The van der Waals surface area contributed by atoms with Crippen LogP contribution in [0.3, 0.4) is 0 Å². The fourth-order valence-corrected chi connectivity index (χ4v) is 7.45. The van der Waals surface area contributed by atoms with Crippen LogP contribution < -0.4 is 5.73 Å². The Balaban J connectivity index is 3.89. The Morgan fingerprint density at radius 3 is 1.39 bits per heavy atom. The third kappa shape index (κ3) is 45.3. The number of hydrogen-bond acceptors (Lipinski definition) is 8. The quantitative estimate of drug-likeness (QED) is 0.0266. The Hall–Kier alpha value is -2.03. The SMILES string of the molecule is CC/C=C\C/C=C\C/C=C\C/C=C\CCCCCCCCCCCCCCCCCCC(=O)OC(COC(=O)CCCCCCCCCCC)COP(=O)(O)OCCN. The van der Waals surface area contributed by atoms with E-state index in [1.165, 1.54) is 122 Å². The zero-order valence-electron chi connectivity index (χ0n) is 38.0. The first kappa shape index (κ1) is 57.0. The monoisotopic (exact) mass is 852 g/mol. The van der Waals surface area contributed by atoms with Crippen LogP contribution in [0.2, 0.25) is 0 Å². The largest absolute Gasteiger partial charge is 0.472 e. The number of phosphoric acid groups is 1. The molecule has 0 saturated heterocycles. The Morgan fingerprint density at radius 2 is 0.932 bits per heavy atom. The van der Waals surface area contributed by atoms with Crippen LogP contribution in [0.15, 0.2) is 48.6 Å². The Bertz CT molecular complexity index is 1110. The number of ether oxygens (including phenoxy) is 2. The van der Waals surface area contributed by atoms with Crippen molar-refractivity contribution >= 4 is 19.8 Å². The molecule has 0 aliphatic rings. The molecule has 0 saturated carbocycles. The Morgan fingerprint density at radius 1 is 0.525 bits per heavy atom. The van der Waals surface area contributed by atoms with Gasteiger partial charge in [-0.2, -0.15) is 0 Å². The molecule has 0 radical (unpaired) electrons. The standard InChI is InChI=1S/C49H90NO8P/c1-3-5-7-9-11-13-14-15-16-17-18-19-20-21-22-23-24-25-26-27-28-29-30-31-32-34-36-38-40-42-49(52)58-47(46-57-59(53,54)56-44-43-50)45-55-48(51)41-39-37-35-33-12-10-8-6-4-2/h5,7,11,13,15-16,18-19,47H,3-4,6,8-10,12,14,17,20-46,50H2,1-2H3,(H,53,54)/b7-5-,13-11-,16-15-,19-18-. The van der Waals surface area contributed by atoms with Crippen molar-refractivity contribution in [1.82, 2.24) is 0 Å². The number of phosphoric ester groups is 1. The van der Waals surface area contributed by atoms with E-state index in [0.29, 0.717) is 6.42 Å². The third-order valence-electron chi connectivity index (χ3n) is 10.2. The fraction of sp³-hybridized carbons (Fsp3) is 0.796. The van der Waals surface area contributed by atoms with Gasteiger partial charge < -0.3 is 20.1 Å². The van der Waals surface area contributed by atoms with Crippen molar-refractivity contribution in [3.63, 3.8) is 0 Å². The fourth-order valence-electron chi connectivity index (χ4n) is 6.69. The van der Waals surface area contributed by atoms with Crippen molar-refractivity contribution in [1.29, 1.82) is 0 Å². The number of hydrogen-bond donors (Lipinski definition) is 2. The maximum atomic E-state index is 12.6. The molecule has 10 heteroatoms. The maximum Gasteiger partial charge on any atom is 0.472 e. The molecule has 3 N–H and O–H groups in total. The van der Waals surface area contributed by atoms with E-state index >= 15 is 0 Å². The molecular formula is C49H90NO8P. The van der Waals surface area contributed by atoms with Crippen LogP contribution >= 0.6 is 7.82 Å². The summed E-state index contributed by atoms with van der Waals surface area (Å²) in [6.07, 6.45) is 53.1. The smallest absolute Gasteiger partial charge is 0.462 e. The van der Waals surface area contributed by atoms with Crippen LogP contribution in [0.1, 0.15) is 219 Å². The maximum absolute atomic E-state index is 12.6. The van der Waals surface area contributed by atoms with Gasteiger partial charge in [0.15, 0.2) is 6.10 Å². The molecule has 0 amide bonds. The molecule has 0 bridgehead atoms. The van der Waals surface area contributed by atoms with E-state index < -0.39 is 26.5 Å². The third-order valence-corrected chi connectivity index (χ3v) is 11.2. The molecule has 2 unspecified atom stereocenters. The van der Waals surface area contributed by atoms with Crippen molar-refractivity contribution in [2.45, 2.75) is 225 Å². The van der Waals surface area contributed by atoms with Gasteiger partial charge in [-0.05, 0) is 51.4 Å². The topological polar surface area (TPSA) is 134 Å². The molecule has 0 aromatic heterocycles. The Kier molecular flexibility index (Phi) is 43.9. The van der Waals surface area contributed by atoms with Gasteiger partial charge in [0.2, 0.25) is 0 Å². The highest BCUT2D eigenvalue weighted by Gasteiger charge is 2.26.